The van der Waals surface area contributed by atoms with E-state index in [1.807, 2.05) is 79.4 Å². The number of aryl methyl sites for hydroxylation is 14. The lowest BCUT2D eigenvalue weighted by molar-refractivity contribution is 0.124. The van der Waals surface area contributed by atoms with E-state index in [0.29, 0.717) is 42.3 Å². The highest BCUT2D eigenvalue weighted by Gasteiger charge is 2.35. The molecular formula is C112H150N24O3S7. The van der Waals surface area contributed by atoms with Crippen molar-refractivity contribution in [2.75, 3.05) is 81.0 Å². The Kier molecular flexibility index (Phi) is 33.9. The maximum atomic E-state index is 9.82. The third kappa shape index (κ3) is 23.8. The van der Waals surface area contributed by atoms with Crippen LogP contribution in [0.5, 0.6) is 11.8 Å². The minimum atomic E-state index is -0.160. The van der Waals surface area contributed by atoms with Crippen molar-refractivity contribution in [3.8, 4) is 11.8 Å². The van der Waals surface area contributed by atoms with E-state index in [1.54, 1.807) is 54.0 Å². The van der Waals surface area contributed by atoms with E-state index in [-0.39, 0.29) is 12.2 Å². The Hall–Kier alpha value is -8.36. The average Bonchev–Trinajstić information content (AvgIpc) is 1.64. The molecule has 146 heavy (non-hydrogen) atoms. The van der Waals surface area contributed by atoms with Gasteiger partial charge in [-0.25, -0.2) is 69.8 Å². The zero-order valence-corrected chi connectivity index (χ0v) is 91.8. The summed E-state index contributed by atoms with van der Waals surface area (Å²) in [6.45, 7) is 4.17. The lowest BCUT2D eigenvalue weighted by atomic mass is 9.90. The van der Waals surface area contributed by atoms with Crippen LogP contribution in [-0.4, -0.2) is 195 Å². The number of ether oxygens (including phenoxy) is 2. The van der Waals surface area contributed by atoms with Crippen LogP contribution in [0.2, 0.25) is 0 Å². The number of aromatic nitrogens is 14. The second-order valence-corrected chi connectivity index (χ2v) is 51.3. The number of nitrogens with zero attached hydrogens (tertiary/aromatic N) is 15. The Morgan fingerprint density at radius 2 is 0.658 bits per heavy atom. The summed E-state index contributed by atoms with van der Waals surface area (Å²) in [7, 11) is 8.54. The van der Waals surface area contributed by atoms with Gasteiger partial charge in [-0.2, -0.15) is 0 Å². The highest BCUT2D eigenvalue weighted by atomic mass is 32.1. The molecule has 11 N–H and O–H groups in total. The molecule has 14 aromatic rings. The molecule has 27 nitrogen and oxygen atoms in total. The SMILES string of the molecule is CN(C)C1CCC(Nc2ncnc3sc4c(c23)CCCC4)CC1.CNC1CCC(Nc2ncnc3sc4c(c23)CCC4)CC1.CNC1CCC(Nc2ncnc3sc4c(c23)CCCC4)CC1.NC1CCC(Oc2ncnc3sc4c(c23)CCC4)CC1.O[C@H]1CCC[C@H](Nc2ncnc3sc4c(c23)CCC4)C1.c1nc(NCC2CCNCC2)c2c3c(sc2n1)CCC3.c1nc(OCC2CCCCC2)c2c3c(sc2n1)CCC3. The summed E-state index contributed by atoms with van der Waals surface area (Å²) in [5, 5.41) is 47.3. The molecule has 2 atom stereocenters. The average molecular weight is 2110 g/mol. The molecule has 15 heterocycles. The van der Waals surface area contributed by atoms with E-state index < -0.39 is 0 Å². The van der Waals surface area contributed by atoms with E-state index in [9.17, 15) is 5.11 Å². The highest BCUT2D eigenvalue weighted by Crippen LogP contribution is 2.49. The lowest BCUT2D eigenvalue weighted by Gasteiger charge is -2.33. The van der Waals surface area contributed by atoms with Crippen LogP contribution in [0.15, 0.2) is 44.3 Å². The Bertz CT molecular complexity index is 6610. The summed E-state index contributed by atoms with van der Waals surface area (Å²) in [6.07, 6.45) is 72.7. The quantitative estimate of drug-likeness (QED) is 0.0359. The first kappa shape index (κ1) is 102. The lowest BCUT2D eigenvalue weighted by Crippen LogP contribution is -2.36. The zero-order valence-electron chi connectivity index (χ0n) is 86.1. The second kappa shape index (κ2) is 48.5. The molecule has 14 aliphatic rings. The molecule has 28 rings (SSSR count). The molecule has 34 heteroatoms. The minimum absolute atomic E-state index is 0.160. The number of rotatable bonds is 19. The summed E-state index contributed by atoms with van der Waals surface area (Å²) in [4.78, 5) is 83.9. The molecule has 0 unspecified atom stereocenters. The van der Waals surface area contributed by atoms with Crippen molar-refractivity contribution in [3.05, 3.63) is 117 Å². The number of nitrogens with two attached hydrogens (primary N) is 1. The van der Waals surface area contributed by atoms with E-state index in [0.717, 1.165) is 168 Å². The monoisotopic (exact) mass is 2100 g/mol. The zero-order chi connectivity index (χ0) is 98.8. The molecule has 7 fully saturated rings. The van der Waals surface area contributed by atoms with Crippen molar-refractivity contribution in [3.63, 3.8) is 0 Å². The third-order valence-corrected chi connectivity index (χ3v) is 42.2. The predicted molar refractivity (Wildman–Crippen MR) is 605 cm³/mol. The van der Waals surface area contributed by atoms with Crippen molar-refractivity contribution in [1.29, 1.82) is 0 Å². The van der Waals surface area contributed by atoms with E-state index in [1.165, 1.54) is 372 Å². The van der Waals surface area contributed by atoms with Gasteiger partial charge >= 0.3 is 0 Å². The van der Waals surface area contributed by atoms with Gasteiger partial charge in [0.2, 0.25) is 11.8 Å². The van der Waals surface area contributed by atoms with Crippen molar-refractivity contribution >= 4 is 180 Å². The number of aliphatic hydroxyl groups excluding tert-OH is 1. The van der Waals surface area contributed by atoms with Crippen LogP contribution in [0.4, 0.5) is 29.1 Å². The number of piperidine rings is 1. The van der Waals surface area contributed by atoms with Gasteiger partial charge in [0, 0.05) is 89.0 Å². The van der Waals surface area contributed by atoms with Crippen molar-refractivity contribution in [2.45, 2.75) is 382 Å². The first-order chi connectivity index (χ1) is 71.9. The number of nitrogens with one attached hydrogen (secondary N) is 8. The van der Waals surface area contributed by atoms with Crippen LogP contribution < -0.4 is 57.7 Å². The van der Waals surface area contributed by atoms with Gasteiger partial charge < -0.3 is 67.7 Å². The molecule has 13 aliphatic carbocycles. The van der Waals surface area contributed by atoms with Crippen LogP contribution in [0, 0.1) is 11.8 Å². The summed E-state index contributed by atoms with van der Waals surface area (Å²) < 4.78 is 12.3. The van der Waals surface area contributed by atoms with Crippen molar-refractivity contribution < 1.29 is 14.6 Å². The Labute approximate surface area is 887 Å². The third-order valence-electron chi connectivity index (χ3n) is 33.8. The van der Waals surface area contributed by atoms with Crippen LogP contribution in [0.1, 0.15) is 304 Å². The molecule has 1 saturated heterocycles. The maximum Gasteiger partial charge on any atom is 0.225 e. The summed E-state index contributed by atoms with van der Waals surface area (Å²) in [5.41, 5.74) is 16.4. The van der Waals surface area contributed by atoms with E-state index in [2.05, 4.69) is 145 Å². The van der Waals surface area contributed by atoms with Crippen LogP contribution in [-0.2, 0) is 89.9 Å². The van der Waals surface area contributed by atoms with Gasteiger partial charge in [-0.1, -0.05) is 19.3 Å². The first-order valence-corrected chi connectivity index (χ1v) is 61.6. The molecule has 0 radical (unpaired) electrons. The largest absolute Gasteiger partial charge is 0.477 e. The highest BCUT2D eigenvalue weighted by molar-refractivity contribution is 7.21. The topological polar surface area (TPSA) is 345 Å². The fourth-order valence-electron chi connectivity index (χ4n) is 25.6. The molecule has 0 spiro atoms. The van der Waals surface area contributed by atoms with Gasteiger partial charge in [0.15, 0.2) is 0 Å². The molecule has 0 amide bonds. The second-order valence-electron chi connectivity index (χ2n) is 43.7. The van der Waals surface area contributed by atoms with Gasteiger partial charge in [-0.05, 0) is 394 Å². The molecule has 0 bridgehead atoms. The summed E-state index contributed by atoms with van der Waals surface area (Å²) >= 11 is 13.0. The molecular weight excluding hydrogens is 1950 g/mol. The van der Waals surface area contributed by atoms with E-state index >= 15 is 0 Å². The minimum Gasteiger partial charge on any atom is -0.477 e. The number of fused-ring (bicyclic) bond motifs is 21. The molecule has 1 aliphatic heterocycles. The number of aliphatic hydroxyl groups is 1. The Morgan fingerprint density at radius 1 is 0.322 bits per heavy atom. The van der Waals surface area contributed by atoms with Crippen LogP contribution in [0.3, 0.4) is 0 Å². The van der Waals surface area contributed by atoms with Crippen molar-refractivity contribution in [2.24, 2.45) is 17.6 Å². The first-order valence-electron chi connectivity index (χ1n) is 55.9. The smallest absolute Gasteiger partial charge is 0.225 e. The van der Waals surface area contributed by atoms with Crippen LogP contribution >= 0.6 is 79.4 Å². The normalized spacial score (nSPS) is 23.7. The molecule has 778 valence electrons. The fourth-order valence-corrected chi connectivity index (χ4v) is 34.2. The van der Waals surface area contributed by atoms with Crippen LogP contribution in [0.25, 0.3) is 71.5 Å². The van der Waals surface area contributed by atoms with Gasteiger partial charge in [-0.15, -0.1) is 79.4 Å². The summed E-state index contributed by atoms with van der Waals surface area (Å²) in [5.74, 6) is 8.41. The van der Waals surface area contributed by atoms with Crippen molar-refractivity contribution in [1.82, 2.24) is 90.6 Å². The number of hydrogen-bond acceptors (Lipinski definition) is 34. The Balaban J connectivity index is 0.0000000969. The number of thiophene rings is 7. The number of anilines is 5. The van der Waals surface area contributed by atoms with Gasteiger partial charge in [0.1, 0.15) is 113 Å². The summed E-state index contributed by atoms with van der Waals surface area (Å²) in [6, 6.07) is 4.50. The maximum absolute atomic E-state index is 9.82. The molecule has 14 aromatic heterocycles. The van der Waals surface area contributed by atoms with E-state index in [4.69, 9.17) is 15.2 Å². The fraction of sp³-hybridized carbons (Fsp3) is 0.625. The standard InChI is InChI=1S/C18H26N4S.C17H24N4S.C16H22N4S.C16H20N2OS.C15H20N4S.2C15H19N3OS/c1-22(2)13-9-7-12(8-10-13)21-17-16-14-5-3-4-6-15(14)23-18(16)20-11-19-17;1-18-11-6-8-12(9-7-11)21-16-15-13-4-2-3-5-14(13)22-17(15)20-10-19-16;1-17-10-5-7-11(8-6-10)20-15-14-12-3-2-4-13(12)21-16(14)19-9-18-15;1-2-5-11(6-3-1)9-19-15-14-12-7-4-8-13(12)20-16(14)18-10-17-15;1-2-11-12(3-1)20-15-13(11)14(18-9-19-15)17-8-10-4-6-16-7-5-10;19-10-4-1-3-9(7-10)18-14-13-11-5-2-6-12(11)20-15(13)17-8-16-14;16-9-4-6-10(7-5-9)19-14-13-11-2-1-3-12(11)20-15(13)18-8-17-14/h11-13H,3-10H2,1-2H3,(H,19,20,21);10-12,18H,2-9H2,1H3,(H,19,20,21);9-11,17H,2-8H2,1H3,(H,18,19,20);10-11H,1-9H2;9-10,16H,1-8H2,(H,17,18,19);8-10,19H,1-7H2,(H,16,17,18);8-10H,1-7,16H2/t;;;;;9-,10-;/m.....0./s1. The number of hydrogen-bond donors (Lipinski definition) is 10. The molecule has 0 aromatic carbocycles. The Morgan fingerprint density at radius 3 is 1.06 bits per heavy atom. The van der Waals surface area contributed by atoms with Gasteiger partial charge in [0.05, 0.1) is 50.4 Å². The predicted octanol–water partition coefficient (Wildman–Crippen LogP) is 22.9. The molecule has 6 saturated carbocycles. The van der Waals surface area contributed by atoms with Gasteiger partial charge in [-0.3, -0.25) is 0 Å². The van der Waals surface area contributed by atoms with Gasteiger partial charge in [0.25, 0.3) is 0 Å².